The molecule has 0 spiro atoms. The predicted molar refractivity (Wildman–Crippen MR) is 84.0 cm³/mol. The second-order valence-corrected chi connectivity index (χ2v) is 7.85. The summed E-state index contributed by atoms with van der Waals surface area (Å²) in [5, 5.41) is -5.38. The second kappa shape index (κ2) is 6.97. The first kappa shape index (κ1) is 19.8. The number of sulfonamides is 1. The van der Waals surface area contributed by atoms with Gasteiger partial charge in [0.15, 0.2) is 15.9 Å². The van der Waals surface area contributed by atoms with Crippen LogP contribution in [0.4, 0.5) is 14.5 Å². The van der Waals surface area contributed by atoms with Crippen molar-refractivity contribution in [2.75, 3.05) is 4.72 Å². The van der Waals surface area contributed by atoms with Crippen LogP contribution in [0.15, 0.2) is 59.5 Å². The van der Waals surface area contributed by atoms with Crippen molar-refractivity contribution < 1.29 is 39.7 Å². The molecule has 2 aromatic carbocycles. The highest BCUT2D eigenvalue weighted by Crippen LogP contribution is 2.29. The fraction of sp³-hybridized carbons (Fsp3) is 0.0714. The summed E-state index contributed by atoms with van der Waals surface area (Å²) < 4.78 is 89.0. The van der Waals surface area contributed by atoms with E-state index in [1.807, 2.05) is 0 Å². The number of ether oxygens (including phenoxy) is 1. The summed E-state index contributed by atoms with van der Waals surface area (Å²) in [6, 6.07) is 11.7. The van der Waals surface area contributed by atoms with Crippen molar-refractivity contribution in [1.29, 1.82) is 0 Å². The van der Waals surface area contributed by atoms with Crippen LogP contribution >= 0.6 is 0 Å². The maximum atomic E-state index is 13.2. The zero-order chi connectivity index (χ0) is 19.6. The van der Waals surface area contributed by atoms with Crippen molar-refractivity contribution in [2.24, 2.45) is 0 Å². The molecule has 12 heteroatoms. The van der Waals surface area contributed by atoms with Gasteiger partial charge in [-0.1, -0.05) is 30.3 Å². The lowest BCUT2D eigenvalue weighted by molar-refractivity contribution is -0.151. The number of nitrogens with one attached hydrogen (secondary N) is 1. The van der Waals surface area contributed by atoms with E-state index in [0.717, 1.165) is 18.2 Å². The number of para-hydroxylation sites is 2. The van der Waals surface area contributed by atoms with Crippen LogP contribution in [0.2, 0.25) is 0 Å². The minimum Gasteiger partial charge on any atom is -0.743 e. The maximum Gasteiger partial charge on any atom is 0.429 e. The summed E-state index contributed by atoms with van der Waals surface area (Å²) in [5.41, 5.74) is 0.140. The zero-order valence-electron chi connectivity index (χ0n) is 12.6. The summed E-state index contributed by atoms with van der Waals surface area (Å²) in [7, 11) is -10.7. The number of carbonyl (C=O) groups excluding carboxylic acids is 1. The van der Waals surface area contributed by atoms with Crippen molar-refractivity contribution >= 4 is 31.8 Å². The van der Waals surface area contributed by atoms with Gasteiger partial charge < -0.3 is 9.29 Å². The molecule has 0 aliphatic rings. The van der Waals surface area contributed by atoms with Gasteiger partial charge >= 0.3 is 11.2 Å². The molecule has 0 aromatic heterocycles. The summed E-state index contributed by atoms with van der Waals surface area (Å²) in [6.07, 6.45) is 0. The lowest BCUT2D eigenvalue weighted by Gasteiger charge is -2.19. The molecule has 0 amide bonds. The summed E-state index contributed by atoms with van der Waals surface area (Å²) in [5.74, 6) is -3.58. The number of alkyl halides is 2. The Morgan fingerprint density at radius 3 is 2.08 bits per heavy atom. The standard InChI is InChI=1S/C14H11F2NO7S2/c15-14(16,26(21,22)23)13(18)24-11-8-4-5-9-12(11)25(19,20)17-10-6-2-1-3-7-10/h1-9,17H,(H,21,22,23)/p-1. The minimum absolute atomic E-state index is 0.140. The van der Waals surface area contributed by atoms with E-state index in [1.165, 1.54) is 30.3 Å². The molecule has 2 aromatic rings. The molecule has 1 N–H and O–H groups in total. The number of anilines is 1. The van der Waals surface area contributed by atoms with Crippen LogP contribution in [0.3, 0.4) is 0 Å². The Morgan fingerprint density at radius 1 is 0.962 bits per heavy atom. The maximum absolute atomic E-state index is 13.2. The van der Waals surface area contributed by atoms with E-state index in [2.05, 4.69) is 9.46 Å². The molecule has 0 aliphatic heterocycles. The van der Waals surface area contributed by atoms with Crippen molar-refractivity contribution in [3.63, 3.8) is 0 Å². The van der Waals surface area contributed by atoms with E-state index < -0.39 is 42.0 Å². The molecule has 26 heavy (non-hydrogen) atoms. The number of rotatable bonds is 6. The molecule has 0 radical (unpaired) electrons. The van der Waals surface area contributed by atoms with Gasteiger partial charge in [0.25, 0.3) is 10.0 Å². The first-order valence-corrected chi connectivity index (χ1v) is 9.57. The normalized spacial score (nSPS) is 12.4. The number of benzene rings is 2. The van der Waals surface area contributed by atoms with Crippen molar-refractivity contribution in [3.8, 4) is 5.75 Å². The fourth-order valence-corrected chi connectivity index (χ4v) is 3.17. The molecule has 0 atom stereocenters. The average Bonchev–Trinajstić information content (AvgIpc) is 2.54. The van der Waals surface area contributed by atoms with E-state index in [-0.39, 0.29) is 5.69 Å². The second-order valence-electron chi connectivity index (χ2n) is 4.78. The molecule has 2 rings (SSSR count). The molecular weight excluding hydrogens is 396 g/mol. The van der Waals surface area contributed by atoms with Gasteiger partial charge in [-0.05, 0) is 24.3 Å². The Kier molecular flexibility index (Phi) is 5.30. The number of carbonyl (C=O) groups is 1. The molecule has 0 saturated carbocycles. The highest BCUT2D eigenvalue weighted by molar-refractivity contribution is 7.92. The van der Waals surface area contributed by atoms with Crippen LogP contribution in [0.5, 0.6) is 5.75 Å². The van der Waals surface area contributed by atoms with Gasteiger partial charge in [0.2, 0.25) is 0 Å². The SMILES string of the molecule is O=C(Oc1ccccc1S(=O)(=O)Nc1ccccc1)C(F)(F)S(=O)(=O)[O-]. The third kappa shape index (κ3) is 4.15. The monoisotopic (exact) mass is 406 g/mol. The summed E-state index contributed by atoms with van der Waals surface area (Å²) in [6.45, 7) is 0. The molecule has 0 fully saturated rings. The Labute approximate surface area is 147 Å². The topological polar surface area (TPSA) is 130 Å². The van der Waals surface area contributed by atoms with E-state index in [1.54, 1.807) is 6.07 Å². The Bertz CT molecular complexity index is 1020. The van der Waals surface area contributed by atoms with Crippen molar-refractivity contribution in [2.45, 2.75) is 10.2 Å². The molecule has 8 nitrogen and oxygen atoms in total. The van der Waals surface area contributed by atoms with E-state index in [9.17, 15) is 35.0 Å². The minimum atomic E-state index is -6.34. The first-order valence-electron chi connectivity index (χ1n) is 6.67. The Morgan fingerprint density at radius 2 is 1.50 bits per heavy atom. The smallest absolute Gasteiger partial charge is 0.429 e. The van der Waals surface area contributed by atoms with Crippen LogP contribution in [-0.4, -0.2) is 32.6 Å². The van der Waals surface area contributed by atoms with E-state index >= 15 is 0 Å². The van der Waals surface area contributed by atoms with Crippen molar-refractivity contribution in [3.05, 3.63) is 54.6 Å². The quantitative estimate of drug-likeness (QED) is 0.437. The largest absolute Gasteiger partial charge is 0.743 e. The number of halogens is 2. The van der Waals surface area contributed by atoms with Crippen LogP contribution in [0.1, 0.15) is 0 Å². The molecule has 0 saturated heterocycles. The van der Waals surface area contributed by atoms with Gasteiger partial charge in [0, 0.05) is 5.69 Å². The summed E-state index contributed by atoms with van der Waals surface area (Å²) >= 11 is 0. The number of hydrogen-bond acceptors (Lipinski definition) is 7. The highest BCUT2D eigenvalue weighted by Gasteiger charge is 2.49. The highest BCUT2D eigenvalue weighted by atomic mass is 32.2. The van der Waals surface area contributed by atoms with E-state index in [0.29, 0.717) is 0 Å². The molecule has 0 heterocycles. The van der Waals surface area contributed by atoms with Gasteiger partial charge in [-0.3, -0.25) is 4.72 Å². The van der Waals surface area contributed by atoms with E-state index in [4.69, 9.17) is 0 Å². The number of esters is 1. The van der Waals surface area contributed by atoms with Gasteiger partial charge in [-0.2, -0.15) is 8.78 Å². The van der Waals surface area contributed by atoms with Crippen molar-refractivity contribution in [1.82, 2.24) is 0 Å². The van der Waals surface area contributed by atoms with Crippen LogP contribution in [0.25, 0.3) is 0 Å². The van der Waals surface area contributed by atoms with Gasteiger partial charge in [0.05, 0.1) is 0 Å². The first-order chi connectivity index (χ1) is 11.9. The van der Waals surface area contributed by atoms with Gasteiger partial charge in [-0.15, -0.1) is 0 Å². The third-order valence-electron chi connectivity index (χ3n) is 2.92. The third-order valence-corrected chi connectivity index (χ3v) is 5.13. The molecular formula is C14H10F2NO7S2-. The lowest BCUT2D eigenvalue weighted by atomic mass is 10.3. The molecule has 0 aliphatic carbocycles. The molecule has 0 unspecified atom stereocenters. The van der Waals surface area contributed by atoms with Crippen LogP contribution in [0, 0.1) is 0 Å². The molecule has 0 bridgehead atoms. The fourth-order valence-electron chi connectivity index (χ4n) is 1.73. The Balaban J connectivity index is 2.38. The van der Waals surface area contributed by atoms with Gasteiger partial charge in [0.1, 0.15) is 4.90 Å². The van der Waals surface area contributed by atoms with Crippen LogP contribution < -0.4 is 9.46 Å². The zero-order valence-corrected chi connectivity index (χ0v) is 14.3. The lowest BCUT2D eigenvalue weighted by Crippen LogP contribution is -2.40. The average molecular weight is 406 g/mol. The predicted octanol–water partition coefficient (Wildman–Crippen LogP) is 1.53. The van der Waals surface area contributed by atoms with Crippen LogP contribution in [-0.2, 0) is 24.9 Å². The number of hydrogen-bond donors (Lipinski definition) is 1. The van der Waals surface area contributed by atoms with Gasteiger partial charge in [-0.25, -0.2) is 21.6 Å². The molecule has 140 valence electrons. The Hall–Kier alpha value is -2.57. The summed E-state index contributed by atoms with van der Waals surface area (Å²) in [4.78, 5) is 10.6.